The van der Waals surface area contributed by atoms with Crippen LogP contribution in [0.25, 0.3) is 16.7 Å². The predicted molar refractivity (Wildman–Crippen MR) is 98.9 cm³/mol. The van der Waals surface area contributed by atoms with E-state index in [0.717, 1.165) is 29.6 Å². The second-order valence-corrected chi connectivity index (χ2v) is 7.55. The van der Waals surface area contributed by atoms with Crippen LogP contribution in [-0.4, -0.2) is 46.3 Å². The lowest BCUT2D eigenvalue weighted by molar-refractivity contribution is -0.0339. The van der Waals surface area contributed by atoms with Crippen LogP contribution in [0.5, 0.6) is 0 Å². The van der Waals surface area contributed by atoms with E-state index >= 15 is 0 Å². The largest absolute Gasteiger partial charge is 0.459 e. The van der Waals surface area contributed by atoms with Crippen molar-refractivity contribution in [1.29, 1.82) is 0 Å². The van der Waals surface area contributed by atoms with Crippen molar-refractivity contribution in [2.75, 3.05) is 13.2 Å². The minimum atomic E-state index is -0.263. The topological polar surface area (TPSA) is 65.4 Å². The minimum Gasteiger partial charge on any atom is -0.459 e. The molecule has 5 rings (SSSR count). The Hall–Kier alpha value is -2.22. The van der Waals surface area contributed by atoms with Gasteiger partial charge in [-0.25, -0.2) is 4.79 Å². The lowest BCUT2D eigenvalue weighted by atomic mass is 9.94. The Morgan fingerprint density at radius 1 is 1.23 bits per heavy atom. The molecule has 2 aliphatic rings. The van der Waals surface area contributed by atoms with Crippen molar-refractivity contribution >= 4 is 28.4 Å². The van der Waals surface area contributed by atoms with Crippen molar-refractivity contribution in [3.63, 3.8) is 0 Å². The molecular formula is C19H19N3O3S. The van der Waals surface area contributed by atoms with E-state index in [-0.39, 0.29) is 24.2 Å². The van der Waals surface area contributed by atoms with Gasteiger partial charge in [-0.3, -0.25) is 4.57 Å². The second kappa shape index (κ2) is 6.50. The van der Waals surface area contributed by atoms with Crippen molar-refractivity contribution in [2.45, 2.75) is 31.0 Å². The Morgan fingerprint density at radius 2 is 2.04 bits per heavy atom. The SMILES string of the molecule is O=C(OC1C[C@H]2COC[C@@H](C1)N2)c1cn(-c2ccsn2)c2ccccc12. The number of morpholine rings is 1. The first-order chi connectivity index (χ1) is 12.8. The quantitative estimate of drug-likeness (QED) is 0.719. The Balaban J connectivity index is 1.44. The molecule has 0 amide bonds. The summed E-state index contributed by atoms with van der Waals surface area (Å²) in [6.45, 7) is 1.38. The van der Waals surface area contributed by atoms with Crippen LogP contribution in [-0.2, 0) is 9.47 Å². The lowest BCUT2D eigenvalue weighted by Crippen LogP contribution is -2.56. The Kier molecular flexibility index (Phi) is 4.00. The first-order valence-corrected chi connectivity index (χ1v) is 9.67. The fraction of sp³-hybridized carbons (Fsp3) is 0.368. The summed E-state index contributed by atoms with van der Waals surface area (Å²) < 4.78 is 17.8. The molecule has 134 valence electrons. The number of nitrogens with zero attached hydrogens (tertiary/aromatic N) is 2. The third-order valence-electron chi connectivity index (χ3n) is 5.08. The molecule has 2 fully saturated rings. The number of piperidine rings is 1. The summed E-state index contributed by atoms with van der Waals surface area (Å²) in [5.74, 6) is 0.555. The van der Waals surface area contributed by atoms with Gasteiger partial charge in [-0.2, -0.15) is 4.37 Å². The minimum absolute atomic E-state index is 0.0657. The maximum Gasteiger partial charge on any atom is 0.340 e. The Morgan fingerprint density at radius 3 is 2.81 bits per heavy atom. The van der Waals surface area contributed by atoms with Gasteiger partial charge in [0.05, 0.1) is 24.3 Å². The average Bonchev–Trinajstić information content (AvgIpc) is 3.29. The Bertz CT molecular complexity index is 925. The number of ether oxygens (including phenoxy) is 2. The molecule has 1 aromatic carbocycles. The zero-order chi connectivity index (χ0) is 17.5. The molecule has 4 heterocycles. The van der Waals surface area contributed by atoms with Gasteiger partial charge in [-0.05, 0) is 23.7 Å². The summed E-state index contributed by atoms with van der Waals surface area (Å²) in [5.41, 5.74) is 1.55. The summed E-state index contributed by atoms with van der Waals surface area (Å²) in [4.78, 5) is 12.9. The number of nitrogens with one attached hydrogen (secondary N) is 1. The van der Waals surface area contributed by atoms with Gasteiger partial charge in [-0.15, -0.1) is 0 Å². The molecule has 3 aromatic rings. The molecule has 0 aliphatic carbocycles. The highest BCUT2D eigenvalue weighted by Crippen LogP contribution is 2.27. The van der Waals surface area contributed by atoms with Gasteiger partial charge < -0.3 is 14.8 Å². The molecule has 2 aromatic heterocycles. The summed E-state index contributed by atoms with van der Waals surface area (Å²) in [6, 6.07) is 10.4. The number of benzene rings is 1. The third kappa shape index (κ3) is 2.82. The number of rotatable bonds is 3. The zero-order valence-electron chi connectivity index (χ0n) is 14.1. The van der Waals surface area contributed by atoms with E-state index in [0.29, 0.717) is 18.8 Å². The number of esters is 1. The number of para-hydroxylation sites is 1. The molecule has 7 heteroatoms. The highest BCUT2D eigenvalue weighted by atomic mass is 32.1. The van der Waals surface area contributed by atoms with E-state index in [2.05, 4.69) is 9.69 Å². The van der Waals surface area contributed by atoms with E-state index in [4.69, 9.17) is 9.47 Å². The maximum atomic E-state index is 12.9. The summed E-state index contributed by atoms with van der Waals surface area (Å²) in [5, 5.41) is 6.34. The van der Waals surface area contributed by atoms with Crippen LogP contribution < -0.4 is 5.32 Å². The van der Waals surface area contributed by atoms with Crippen molar-refractivity contribution in [3.05, 3.63) is 47.5 Å². The molecule has 2 bridgehead atoms. The number of hydrogen-bond donors (Lipinski definition) is 1. The highest BCUT2D eigenvalue weighted by molar-refractivity contribution is 7.03. The van der Waals surface area contributed by atoms with E-state index in [1.165, 1.54) is 11.5 Å². The van der Waals surface area contributed by atoms with Gasteiger partial charge in [-0.1, -0.05) is 18.2 Å². The van der Waals surface area contributed by atoms with E-state index in [9.17, 15) is 4.79 Å². The molecule has 26 heavy (non-hydrogen) atoms. The van der Waals surface area contributed by atoms with Crippen molar-refractivity contribution in [1.82, 2.24) is 14.3 Å². The van der Waals surface area contributed by atoms with Crippen LogP contribution in [0, 0.1) is 0 Å². The smallest absolute Gasteiger partial charge is 0.340 e. The molecule has 1 unspecified atom stereocenters. The maximum absolute atomic E-state index is 12.9. The molecule has 0 saturated carbocycles. The van der Waals surface area contributed by atoms with Gasteiger partial charge >= 0.3 is 5.97 Å². The molecule has 1 N–H and O–H groups in total. The third-order valence-corrected chi connectivity index (χ3v) is 5.63. The van der Waals surface area contributed by atoms with E-state index < -0.39 is 0 Å². The molecule has 2 aliphatic heterocycles. The summed E-state index contributed by atoms with van der Waals surface area (Å²) >= 11 is 1.39. The van der Waals surface area contributed by atoms with Gasteiger partial charge in [0.15, 0.2) is 5.82 Å². The lowest BCUT2D eigenvalue weighted by Gasteiger charge is -2.39. The number of aromatic nitrogens is 2. The Labute approximate surface area is 154 Å². The second-order valence-electron chi connectivity index (χ2n) is 6.88. The first kappa shape index (κ1) is 16.0. The fourth-order valence-electron chi connectivity index (χ4n) is 3.96. The first-order valence-electron chi connectivity index (χ1n) is 8.83. The summed E-state index contributed by atoms with van der Waals surface area (Å²) in [7, 11) is 0. The zero-order valence-corrected chi connectivity index (χ0v) is 14.9. The number of carbonyl (C=O) groups excluding carboxylic acids is 1. The number of hydrogen-bond acceptors (Lipinski definition) is 6. The van der Waals surface area contributed by atoms with E-state index in [1.54, 1.807) is 0 Å². The average molecular weight is 369 g/mol. The van der Waals surface area contributed by atoms with Crippen LogP contribution in [0.2, 0.25) is 0 Å². The van der Waals surface area contributed by atoms with Crippen molar-refractivity contribution in [3.8, 4) is 5.82 Å². The van der Waals surface area contributed by atoms with Crippen LogP contribution in [0.4, 0.5) is 0 Å². The normalized spacial score (nSPS) is 25.3. The van der Waals surface area contributed by atoms with E-state index in [1.807, 2.05) is 46.5 Å². The number of carbonyl (C=O) groups is 1. The van der Waals surface area contributed by atoms with Crippen LogP contribution in [0.1, 0.15) is 23.2 Å². The molecule has 0 radical (unpaired) electrons. The van der Waals surface area contributed by atoms with Gasteiger partial charge in [0.25, 0.3) is 0 Å². The molecule has 3 atom stereocenters. The molecular weight excluding hydrogens is 350 g/mol. The number of fused-ring (bicyclic) bond motifs is 3. The monoisotopic (exact) mass is 369 g/mol. The highest BCUT2D eigenvalue weighted by Gasteiger charge is 2.34. The van der Waals surface area contributed by atoms with Gasteiger partial charge in [0.2, 0.25) is 0 Å². The van der Waals surface area contributed by atoms with Crippen molar-refractivity contribution in [2.24, 2.45) is 0 Å². The van der Waals surface area contributed by atoms with Crippen LogP contribution >= 0.6 is 11.5 Å². The molecule has 6 nitrogen and oxygen atoms in total. The molecule has 2 saturated heterocycles. The van der Waals surface area contributed by atoms with Crippen LogP contribution in [0.15, 0.2) is 41.9 Å². The standard InChI is InChI=1S/C19H19N3O3S/c23-19(25-14-7-12-10-24-11-13(8-14)20-12)16-9-22(18-5-6-26-21-18)17-4-2-1-3-15(16)17/h1-6,9,12-14,20H,7-8,10-11H2/t12-,13+,14?. The predicted octanol–water partition coefficient (Wildman–Crippen LogP) is 2.76. The van der Waals surface area contributed by atoms with Crippen molar-refractivity contribution < 1.29 is 14.3 Å². The van der Waals surface area contributed by atoms with Gasteiger partial charge in [0, 0.05) is 41.9 Å². The fourth-order valence-corrected chi connectivity index (χ4v) is 4.46. The molecule has 0 spiro atoms. The summed E-state index contributed by atoms with van der Waals surface area (Å²) in [6.07, 6.45) is 3.37. The van der Waals surface area contributed by atoms with Crippen LogP contribution in [0.3, 0.4) is 0 Å². The van der Waals surface area contributed by atoms with Gasteiger partial charge in [0.1, 0.15) is 6.10 Å².